The number of hydrogen-bond acceptors (Lipinski definition) is 4. The maximum atomic E-state index is 11.9. The van der Waals surface area contributed by atoms with E-state index in [0.717, 1.165) is 5.75 Å². The van der Waals surface area contributed by atoms with Gasteiger partial charge in [-0.2, -0.15) is 0 Å². The van der Waals surface area contributed by atoms with Crippen LogP contribution in [0.1, 0.15) is 12.5 Å². The highest BCUT2D eigenvalue weighted by Gasteiger charge is 2.02. The fourth-order valence-electron chi connectivity index (χ4n) is 1.79. The van der Waals surface area contributed by atoms with Gasteiger partial charge in [0, 0.05) is 18.9 Å². The first kappa shape index (κ1) is 14.1. The molecule has 0 aliphatic heterocycles. The molecule has 0 saturated carbocycles. The summed E-state index contributed by atoms with van der Waals surface area (Å²) in [7, 11) is 0. The second-order valence-corrected chi connectivity index (χ2v) is 4.46. The van der Waals surface area contributed by atoms with Gasteiger partial charge in [0.05, 0.1) is 6.54 Å². The molecule has 0 fully saturated rings. The third kappa shape index (κ3) is 3.60. The number of aromatic nitrogens is 2. The molecule has 0 unspecified atom stereocenters. The Labute approximate surface area is 118 Å². The van der Waals surface area contributed by atoms with E-state index in [9.17, 15) is 4.79 Å². The molecule has 1 N–H and O–H groups in total. The molecule has 106 valence electrons. The van der Waals surface area contributed by atoms with Crippen LogP contribution in [0.5, 0.6) is 5.75 Å². The van der Waals surface area contributed by atoms with Gasteiger partial charge in [0.25, 0.3) is 5.56 Å². The normalized spacial score (nSPS) is 10.3. The summed E-state index contributed by atoms with van der Waals surface area (Å²) in [6.45, 7) is 5.60. The predicted molar refractivity (Wildman–Crippen MR) is 79.3 cm³/mol. The third-order valence-corrected chi connectivity index (χ3v) is 2.94. The molecular formula is C15H19N3O2. The van der Waals surface area contributed by atoms with Crippen molar-refractivity contribution in [3.63, 3.8) is 0 Å². The van der Waals surface area contributed by atoms with Crippen LogP contribution in [-0.4, -0.2) is 22.7 Å². The van der Waals surface area contributed by atoms with E-state index in [2.05, 4.69) is 10.3 Å². The molecule has 2 rings (SSSR count). The largest absolute Gasteiger partial charge is 0.492 e. The van der Waals surface area contributed by atoms with Crippen LogP contribution in [-0.2, 0) is 6.54 Å². The molecule has 0 amide bonds. The summed E-state index contributed by atoms with van der Waals surface area (Å²) in [5, 5.41) is 3.00. The van der Waals surface area contributed by atoms with Crippen LogP contribution in [0.25, 0.3) is 0 Å². The van der Waals surface area contributed by atoms with Crippen molar-refractivity contribution in [3.8, 4) is 5.75 Å². The van der Waals surface area contributed by atoms with Crippen LogP contribution in [0, 0.1) is 6.92 Å². The summed E-state index contributed by atoms with van der Waals surface area (Å²) >= 11 is 0. The van der Waals surface area contributed by atoms with Gasteiger partial charge in [0.15, 0.2) is 5.82 Å². The monoisotopic (exact) mass is 273 g/mol. The first-order valence-electron chi connectivity index (χ1n) is 6.69. The fraction of sp³-hybridized carbons (Fsp3) is 0.333. The number of nitrogens with zero attached hydrogens (tertiary/aromatic N) is 2. The Balaban J connectivity index is 1.84. The van der Waals surface area contributed by atoms with Gasteiger partial charge in [0.2, 0.25) is 0 Å². The van der Waals surface area contributed by atoms with Crippen molar-refractivity contribution >= 4 is 5.82 Å². The highest BCUT2D eigenvalue weighted by atomic mass is 16.5. The lowest BCUT2D eigenvalue weighted by Gasteiger charge is -2.09. The average molecular weight is 273 g/mol. The molecule has 0 atom stereocenters. The third-order valence-electron chi connectivity index (χ3n) is 2.94. The summed E-state index contributed by atoms with van der Waals surface area (Å²) in [6.07, 6.45) is 3.30. The first-order chi connectivity index (χ1) is 9.70. The highest BCUT2D eigenvalue weighted by Crippen LogP contribution is 2.10. The molecule has 2 aromatic rings. The summed E-state index contributed by atoms with van der Waals surface area (Å²) in [4.78, 5) is 15.9. The van der Waals surface area contributed by atoms with Gasteiger partial charge in [-0.15, -0.1) is 0 Å². The fourth-order valence-corrected chi connectivity index (χ4v) is 1.79. The minimum atomic E-state index is -0.106. The van der Waals surface area contributed by atoms with Crippen molar-refractivity contribution in [3.05, 3.63) is 52.6 Å². The summed E-state index contributed by atoms with van der Waals surface area (Å²) in [5.74, 6) is 1.19. The van der Waals surface area contributed by atoms with E-state index in [1.807, 2.05) is 38.1 Å². The van der Waals surface area contributed by atoms with E-state index in [1.54, 1.807) is 17.0 Å². The van der Waals surface area contributed by atoms with Gasteiger partial charge in [0.1, 0.15) is 12.4 Å². The van der Waals surface area contributed by atoms with Crippen LogP contribution < -0.4 is 15.6 Å². The summed E-state index contributed by atoms with van der Waals surface area (Å²) in [5.41, 5.74) is 1.09. The lowest BCUT2D eigenvalue weighted by molar-refractivity contribution is 0.332. The Morgan fingerprint density at radius 2 is 2.05 bits per heavy atom. The SMILES string of the molecule is CCn1ccnc(NCCOc2ccc(C)cc2)c1=O. The number of benzene rings is 1. The number of ether oxygens (including phenoxy) is 1. The molecule has 0 spiro atoms. The summed E-state index contributed by atoms with van der Waals surface area (Å²) in [6, 6.07) is 7.86. The van der Waals surface area contributed by atoms with Crippen LogP contribution in [0.4, 0.5) is 5.82 Å². The Morgan fingerprint density at radius 1 is 1.30 bits per heavy atom. The lowest BCUT2D eigenvalue weighted by Crippen LogP contribution is -2.25. The number of hydrogen-bond donors (Lipinski definition) is 1. The van der Waals surface area contributed by atoms with Gasteiger partial charge < -0.3 is 14.6 Å². The van der Waals surface area contributed by atoms with Crippen molar-refractivity contribution < 1.29 is 4.74 Å². The Kier molecular flexibility index (Phi) is 4.76. The molecular weight excluding hydrogens is 254 g/mol. The van der Waals surface area contributed by atoms with Crippen molar-refractivity contribution in [1.29, 1.82) is 0 Å². The van der Waals surface area contributed by atoms with Crippen LogP contribution in [0.2, 0.25) is 0 Å². The number of nitrogens with one attached hydrogen (secondary N) is 1. The molecule has 5 heteroatoms. The van der Waals surface area contributed by atoms with E-state index in [4.69, 9.17) is 4.74 Å². The number of aryl methyl sites for hydroxylation is 2. The molecule has 1 aromatic carbocycles. The zero-order valence-corrected chi connectivity index (χ0v) is 11.8. The Bertz CT molecular complexity index is 605. The molecule has 1 heterocycles. The minimum Gasteiger partial charge on any atom is -0.492 e. The van der Waals surface area contributed by atoms with Crippen LogP contribution in [0.15, 0.2) is 41.5 Å². The molecule has 5 nitrogen and oxygen atoms in total. The average Bonchev–Trinajstić information content (AvgIpc) is 2.47. The lowest BCUT2D eigenvalue weighted by atomic mass is 10.2. The molecule has 0 aliphatic carbocycles. The summed E-state index contributed by atoms with van der Waals surface area (Å²) < 4.78 is 7.19. The Morgan fingerprint density at radius 3 is 2.75 bits per heavy atom. The van der Waals surface area contributed by atoms with Crippen molar-refractivity contribution in [2.75, 3.05) is 18.5 Å². The topological polar surface area (TPSA) is 56.1 Å². The van der Waals surface area contributed by atoms with E-state index in [1.165, 1.54) is 5.56 Å². The second-order valence-electron chi connectivity index (χ2n) is 4.46. The molecule has 0 saturated heterocycles. The van der Waals surface area contributed by atoms with E-state index >= 15 is 0 Å². The number of rotatable bonds is 6. The highest BCUT2D eigenvalue weighted by molar-refractivity contribution is 5.31. The van der Waals surface area contributed by atoms with Crippen LogP contribution in [0.3, 0.4) is 0 Å². The molecule has 0 radical (unpaired) electrons. The molecule has 1 aromatic heterocycles. The zero-order chi connectivity index (χ0) is 14.4. The molecule has 0 aliphatic rings. The maximum absolute atomic E-state index is 11.9. The van der Waals surface area contributed by atoms with E-state index in [0.29, 0.717) is 25.5 Å². The van der Waals surface area contributed by atoms with Crippen LogP contribution >= 0.6 is 0 Å². The number of anilines is 1. The van der Waals surface area contributed by atoms with Gasteiger partial charge >= 0.3 is 0 Å². The van der Waals surface area contributed by atoms with Gasteiger partial charge in [-0.3, -0.25) is 4.79 Å². The first-order valence-corrected chi connectivity index (χ1v) is 6.69. The standard InChI is InChI=1S/C15H19N3O2/c1-3-18-10-8-16-14(15(18)19)17-9-11-20-13-6-4-12(2)5-7-13/h4-8,10H,3,9,11H2,1-2H3,(H,16,17). The molecule has 20 heavy (non-hydrogen) atoms. The molecule has 0 bridgehead atoms. The Hall–Kier alpha value is -2.30. The maximum Gasteiger partial charge on any atom is 0.293 e. The van der Waals surface area contributed by atoms with Gasteiger partial charge in [-0.05, 0) is 26.0 Å². The van der Waals surface area contributed by atoms with Gasteiger partial charge in [-0.25, -0.2) is 4.98 Å². The van der Waals surface area contributed by atoms with E-state index < -0.39 is 0 Å². The van der Waals surface area contributed by atoms with E-state index in [-0.39, 0.29) is 5.56 Å². The zero-order valence-electron chi connectivity index (χ0n) is 11.8. The minimum absolute atomic E-state index is 0.106. The second kappa shape index (κ2) is 6.75. The van der Waals surface area contributed by atoms with Crippen molar-refractivity contribution in [2.45, 2.75) is 20.4 Å². The van der Waals surface area contributed by atoms with Gasteiger partial charge in [-0.1, -0.05) is 17.7 Å². The smallest absolute Gasteiger partial charge is 0.293 e. The van der Waals surface area contributed by atoms with Crippen molar-refractivity contribution in [1.82, 2.24) is 9.55 Å². The predicted octanol–water partition coefficient (Wildman–Crippen LogP) is 2.06. The quantitative estimate of drug-likeness (QED) is 0.819. The van der Waals surface area contributed by atoms with Crippen molar-refractivity contribution in [2.24, 2.45) is 0 Å².